The zero-order chi connectivity index (χ0) is 27.5. The molecule has 0 radical (unpaired) electrons. The van der Waals surface area contributed by atoms with E-state index in [2.05, 4.69) is 4.90 Å². The van der Waals surface area contributed by atoms with E-state index >= 15 is 0 Å². The number of carbonyl (C=O) groups excluding carboxylic acids is 1. The van der Waals surface area contributed by atoms with Gasteiger partial charge >= 0.3 is 11.9 Å². The maximum atomic E-state index is 13.0. The summed E-state index contributed by atoms with van der Waals surface area (Å²) in [6, 6.07) is 9.16. The lowest BCUT2D eigenvalue weighted by Crippen LogP contribution is -2.48. The normalized spacial score (nSPS) is 13.1. The van der Waals surface area contributed by atoms with Gasteiger partial charge < -0.3 is 38.8 Å². The van der Waals surface area contributed by atoms with Crippen LogP contribution in [0.3, 0.4) is 0 Å². The van der Waals surface area contributed by atoms with Crippen molar-refractivity contribution >= 4 is 17.8 Å². The quantitative estimate of drug-likeness (QED) is 0.492. The summed E-state index contributed by atoms with van der Waals surface area (Å²) >= 11 is 0. The number of nitrogens with zero attached hydrogens (tertiary/aromatic N) is 2. The number of hydrogen-bond acceptors (Lipinski definition) is 9. The van der Waals surface area contributed by atoms with Crippen LogP contribution in [0.2, 0.25) is 0 Å². The molecule has 0 aliphatic carbocycles. The first-order valence-electron chi connectivity index (χ1n) is 11.2. The van der Waals surface area contributed by atoms with Gasteiger partial charge in [-0.2, -0.15) is 0 Å². The fourth-order valence-corrected chi connectivity index (χ4v) is 3.71. The fourth-order valence-electron chi connectivity index (χ4n) is 3.71. The van der Waals surface area contributed by atoms with Gasteiger partial charge in [-0.25, -0.2) is 9.59 Å². The largest absolute Gasteiger partial charge is 0.497 e. The third-order valence-corrected chi connectivity index (χ3v) is 5.57. The average Bonchev–Trinajstić information content (AvgIpc) is 2.92. The number of benzene rings is 2. The van der Waals surface area contributed by atoms with E-state index in [0.29, 0.717) is 47.4 Å². The highest BCUT2D eigenvalue weighted by molar-refractivity contribution is 6.27. The molecule has 2 aromatic carbocycles. The molecule has 0 spiro atoms. The number of carboxylic acids is 2. The Morgan fingerprint density at radius 1 is 0.703 bits per heavy atom. The van der Waals surface area contributed by atoms with E-state index < -0.39 is 11.9 Å². The van der Waals surface area contributed by atoms with Crippen molar-refractivity contribution in [2.45, 2.75) is 6.54 Å². The van der Waals surface area contributed by atoms with Crippen LogP contribution in [0.15, 0.2) is 30.3 Å². The molecule has 1 saturated heterocycles. The Bertz CT molecular complexity index is 1040. The van der Waals surface area contributed by atoms with Crippen LogP contribution in [0.5, 0.6) is 28.7 Å². The van der Waals surface area contributed by atoms with Gasteiger partial charge in [0.25, 0.3) is 5.91 Å². The molecule has 202 valence electrons. The van der Waals surface area contributed by atoms with Crippen LogP contribution in [0, 0.1) is 0 Å². The van der Waals surface area contributed by atoms with Gasteiger partial charge in [0.2, 0.25) is 5.75 Å². The fraction of sp³-hybridized carbons (Fsp3) is 0.400. The first-order chi connectivity index (χ1) is 17.7. The molecule has 12 heteroatoms. The standard InChI is InChI=1S/C23H30N2O6.C2H2O4/c1-27-18-12-17(13-19(14-18)28-2)23(26)25-8-6-24(7-9-25)15-16-10-20(29-3)22(31-5)21(11-16)30-4;3-1(4)2(5)6/h10-14H,6-9,15H2,1-5H3;(H,3,4)(H,5,6). The van der Waals surface area contributed by atoms with E-state index in [9.17, 15) is 4.79 Å². The molecule has 12 nitrogen and oxygen atoms in total. The van der Waals surface area contributed by atoms with E-state index in [1.54, 1.807) is 53.7 Å². The topological polar surface area (TPSA) is 144 Å². The number of piperazine rings is 1. The maximum Gasteiger partial charge on any atom is 0.414 e. The second kappa shape index (κ2) is 13.8. The van der Waals surface area contributed by atoms with Crippen LogP contribution in [0.1, 0.15) is 15.9 Å². The number of carboxylic acid groups (broad SMARTS) is 2. The molecule has 3 rings (SSSR count). The molecule has 0 atom stereocenters. The highest BCUT2D eigenvalue weighted by atomic mass is 16.5. The summed E-state index contributed by atoms with van der Waals surface area (Å²) in [7, 11) is 7.96. The summed E-state index contributed by atoms with van der Waals surface area (Å²) in [4.78, 5) is 35.4. The van der Waals surface area contributed by atoms with Crippen LogP contribution >= 0.6 is 0 Å². The lowest BCUT2D eigenvalue weighted by Gasteiger charge is -2.35. The van der Waals surface area contributed by atoms with Gasteiger partial charge in [-0.1, -0.05) is 0 Å². The molecule has 0 bridgehead atoms. The van der Waals surface area contributed by atoms with E-state index in [0.717, 1.165) is 25.2 Å². The predicted octanol–water partition coefficient (Wildman–Crippen LogP) is 1.84. The van der Waals surface area contributed by atoms with Crippen molar-refractivity contribution in [3.8, 4) is 28.7 Å². The average molecular weight is 521 g/mol. The number of ether oxygens (including phenoxy) is 5. The number of rotatable bonds is 8. The minimum Gasteiger partial charge on any atom is -0.497 e. The highest BCUT2D eigenvalue weighted by Gasteiger charge is 2.24. The van der Waals surface area contributed by atoms with Crippen molar-refractivity contribution in [2.75, 3.05) is 61.7 Å². The van der Waals surface area contributed by atoms with Crippen molar-refractivity contribution in [1.82, 2.24) is 9.80 Å². The molecule has 1 heterocycles. The monoisotopic (exact) mass is 520 g/mol. The molecule has 1 amide bonds. The first kappa shape index (κ1) is 29.0. The summed E-state index contributed by atoms with van der Waals surface area (Å²) in [6.07, 6.45) is 0. The molecule has 1 fully saturated rings. The summed E-state index contributed by atoms with van der Waals surface area (Å²) < 4.78 is 26.9. The predicted molar refractivity (Wildman–Crippen MR) is 132 cm³/mol. The number of amides is 1. The number of hydrogen-bond donors (Lipinski definition) is 2. The molecule has 2 N–H and O–H groups in total. The molecule has 37 heavy (non-hydrogen) atoms. The van der Waals surface area contributed by atoms with Gasteiger partial charge in [0, 0.05) is 44.4 Å². The molecule has 1 aliphatic heterocycles. The minimum absolute atomic E-state index is 0.0235. The molecule has 0 aromatic heterocycles. The minimum atomic E-state index is -1.82. The Balaban J connectivity index is 0.000000717. The lowest BCUT2D eigenvalue weighted by molar-refractivity contribution is -0.159. The van der Waals surface area contributed by atoms with Crippen molar-refractivity contribution in [3.05, 3.63) is 41.5 Å². The third kappa shape index (κ3) is 7.90. The summed E-state index contributed by atoms with van der Waals surface area (Å²) in [5.41, 5.74) is 1.63. The second-order valence-electron chi connectivity index (χ2n) is 7.81. The highest BCUT2D eigenvalue weighted by Crippen LogP contribution is 2.38. The molecule has 0 unspecified atom stereocenters. The van der Waals surface area contributed by atoms with E-state index in [-0.39, 0.29) is 5.91 Å². The van der Waals surface area contributed by atoms with Gasteiger partial charge in [-0.05, 0) is 29.8 Å². The van der Waals surface area contributed by atoms with Crippen LogP contribution in [-0.4, -0.2) is 99.6 Å². The van der Waals surface area contributed by atoms with E-state index in [1.807, 2.05) is 17.0 Å². The molecule has 2 aromatic rings. The number of methoxy groups -OCH3 is 5. The van der Waals surface area contributed by atoms with Crippen LogP contribution in [0.4, 0.5) is 0 Å². The summed E-state index contributed by atoms with van der Waals surface area (Å²) in [5, 5.41) is 14.8. The first-order valence-corrected chi connectivity index (χ1v) is 11.2. The van der Waals surface area contributed by atoms with Crippen molar-refractivity contribution < 1.29 is 48.3 Å². The zero-order valence-electron chi connectivity index (χ0n) is 21.5. The number of carbonyl (C=O) groups is 3. The Hall–Kier alpha value is -4.19. The third-order valence-electron chi connectivity index (χ3n) is 5.57. The Morgan fingerprint density at radius 2 is 1.19 bits per heavy atom. The summed E-state index contributed by atoms with van der Waals surface area (Å²) in [6.45, 7) is 3.55. The number of aliphatic carboxylic acids is 2. The summed E-state index contributed by atoms with van der Waals surface area (Å²) in [5.74, 6) is -0.615. The van der Waals surface area contributed by atoms with Gasteiger partial charge in [-0.15, -0.1) is 0 Å². The van der Waals surface area contributed by atoms with Gasteiger partial charge in [0.05, 0.1) is 35.5 Å². The van der Waals surface area contributed by atoms with Gasteiger partial charge in [0.15, 0.2) is 11.5 Å². The maximum absolute atomic E-state index is 13.0. The Kier molecular flexibility index (Phi) is 10.8. The smallest absolute Gasteiger partial charge is 0.414 e. The van der Waals surface area contributed by atoms with E-state index in [1.165, 1.54) is 0 Å². The van der Waals surface area contributed by atoms with Gasteiger partial charge in [-0.3, -0.25) is 9.69 Å². The van der Waals surface area contributed by atoms with Crippen LogP contribution in [-0.2, 0) is 16.1 Å². The van der Waals surface area contributed by atoms with Crippen molar-refractivity contribution in [2.24, 2.45) is 0 Å². The molecule has 1 aliphatic rings. The Labute approximate surface area is 214 Å². The SMILES string of the molecule is COc1cc(OC)cc(C(=O)N2CCN(Cc3cc(OC)c(OC)c(OC)c3)CC2)c1.O=C(O)C(=O)O. The molecule has 0 saturated carbocycles. The zero-order valence-corrected chi connectivity index (χ0v) is 21.5. The Morgan fingerprint density at radius 3 is 1.57 bits per heavy atom. The second-order valence-corrected chi connectivity index (χ2v) is 7.81. The van der Waals surface area contributed by atoms with Gasteiger partial charge in [0.1, 0.15) is 11.5 Å². The molecular formula is C25H32N2O10. The van der Waals surface area contributed by atoms with Crippen LogP contribution < -0.4 is 23.7 Å². The van der Waals surface area contributed by atoms with Crippen molar-refractivity contribution in [1.29, 1.82) is 0 Å². The lowest BCUT2D eigenvalue weighted by atomic mass is 10.1. The molecular weight excluding hydrogens is 488 g/mol. The van der Waals surface area contributed by atoms with E-state index in [4.69, 9.17) is 43.5 Å². The van der Waals surface area contributed by atoms with Crippen LogP contribution in [0.25, 0.3) is 0 Å². The van der Waals surface area contributed by atoms with Crippen molar-refractivity contribution in [3.63, 3.8) is 0 Å².